The summed E-state index contributed by atoms with van der Waals surface area (Å²) in [4.78, 5) is 11.6. The summed E-state index contributed by atoms with van der Waals surface area (Å²) in [5.74, 6) is -0.786. The molecule has 108 valence electrons. The van der Waals surface area contributed by atoms with Crippen molar-refractivity contribution in [2.45, 2.75) is 33.3 Å². The van der Waals surface area contributed by atoms with Crippen LogP contribution in [0.1, 0.15) is 30.5 Å². The minimum Gasteiger partial charge on any atom is -0.466 e. The van der Waals surface area contributed by atoms with E-state index in [4.69, 9.17) is 10.00 Å². The van der Waals surface area contributed by atoms with E-state index in [1.807, 2.05) is 6.92 Å². The highest BCUT2D eigenvalue weighted by molar-refractivity contribution is 5.75. The van der Waals surface area contributed by atoms with E-state index in [-0.39, 0.29) is 29.9 Å². The van der Waals surface area contributed by atoms with Crippen LogP contribution < -0.4 is 4.74 Å². The zero-order valence-electron chi connectivity index (χ0n) is 11.3. The topological polar surface area (TPSA) is 59.3 Å². The Kier molecular flexibility index (Phi) is 5.91. The van der Waals surface area contributed by atoms with Gasteiger partial charge in [-0.3, -0.25) is 4.79 Å². The lowest BCUT2D eigenvalue weighted by Gasteiger charge is -2.15. The first-order valence-electron chi connectivity index (χ1n) is 6.18. The van der Waals surface area contributed by atoms with Crippen LogP contribution in [0.15, 0.2) is 12.1 Å². The number of esters is 1. The fraction of sp³-hybridized carbons (Fsp3) is 0.429. The number of benzene rings is 1. The fourth-order valence-corrected chi connectivity index (χ4v) is 1.86. The Morgan fingerprint density at radius 2 is 2.10 bits per heavy atom. The van der Waals surface area contributed by atoms with Gasteiger partial charge in [-0.15, -0.1) is 0 Å². The largest absolute Gasteiger partial charge is 0.466 e. The monoisotopic (exact) mass is 283 g/mol. The summed E-state index contributed by atoms with van der Waals surface area (Å²) in [6.07, 6.45) is 0.328. The van der Waals surface area contributed by atoms with Gasteiger partial charge in [0.2, 0.25) is 0 Å². The lowest BCUT2D eigenvalue weighted by Crippen LogP contribution is -2.13. The molecule has 0 unspecified atom stereocenters. The molecular formula is C14H15F2NO3. The predicted molar refractivity (Wildman–Crippen MR) is 67.5 cm³/mol. The predicted octanol–water partition coefficient (Wildman–Crippen LogP) is 2.83. The van der Waals surface area contributed by atoms with Crippen molar-refractivity contribution in [3.05, 3.63) is 28.8 Å². The number of ether oxygens (including phenoxy) is 2. The van der Waals surface area contributed by atoms with Gasteiger partial charge in [-0.2, -0.15) is 14.0 Å². The zero-order chi connectivity index (χ0) is 15.1. The van der Waals surface area contributed by atoms with Gasteiger partial charge in [-0.1, -0.05) is 13.0 Å². The number of alkyl halides is 2. The second-order valence-corrected chi connectivity index (χ2v) is 3.91. The molecule has 20 heavy (non-hydrogen) atoms. The molecule has 0 fully saturated rings. The molecule has 0 spiro atoms. The first-order chi connectivity index (χ1) is 9.53. The Hall–Kier alpha value is -2.16. The third-order valence-electron chi connectivity index (χ3n) is 2.69. The van der Waals surface area contributed by atoms with E-state index < -0.39 is 12.6 Å². The van der Waals surface area contributed by atoms with Gasteiger partial charge in [0, 0.05) is 5.56 Å². The standard InChI is InChI=1S/C14H15F2NO3/c1-3-9-5-6-10(8-17)13(20-14(15)16)11(9)7-12(18)19-4-2/h5-6,14H,3-4,7H2,1-2H3. The van der Waals surface area contributed by atoms with E-state index in [0.717, 1.165) is 0 Å². The number of rotatable bonds is 6. The van der Waals surface area contributed by atoms with Crippen LogP contribution in [0, 0.1) is 11.3 Å². The molecule has 0 saturated carbocycles. The van der Waals surface area contributed by atoms with Gasteiger partial charge in [0.05, 0.1) is 18.6 Å². The maximum atomic E-state index is 12.5. The van der Waals surface area contributed by atoms with Crippen molar-refractivity contribution in [1.82, 2.24) is 0 Å². The van der Waals surface area contributed by atoms with Crippen molar-refractivity contribution in [3.8, 4) is 11.8 Å². The van der Waals surface area contributed by atoms with Gasteiger partial charge in [0.25, 0.3) is 0 Å². The zero-order valence-corrected chi connectivity index (χ0v) is 11.3. The number of nitrogens with zero attached hydrogens (tertiary/aromatic N) is 1. The summed E-state index contributed by atoms with van der Waals surface area (Å²) in [5.41, 5.74) is 0.930. The maximum absolute atomic E-state index is 12.5. The van der Waals surface area contributed by atoms with Crippen LogP contribution in [0.5, 0.6) is 5.75 Å². The van der Waals surface area contributed by atoms with Gasteiger partial charge in [-0.25, -0.2) is 0 Å². The van der Waals surface area contributed by atoms with Gasteiger partial charge >= 0.3 is 12.6 Å². The van der Waals surface area contributed by atoms with E-state index in [9.17, 15) is 13.6 Å². The van der Waals surface area contributed by atoms with Crippen LogP contribution >= 0.6 is 0 Å². The molecule has 0 atom stereocenters. The molecule has 0 bridgehead atoms. The third-order valence-corrected chi connectivity index (χ3v) is 2.69. The Morgan fingerprint density at radius 1 is 1.40 bits per heavy atom. The molecular weight excluding hydrogens is 268 g/mol. The van der Waals surface area contributed by atoms with Gasteiger partial charge in [0.1, 0.15) is 11.8 Å². The molecule has 0 radical (unpaired) electrons. The average molecular weight is 283 g/mol. The molecule has 4 nitrogen and oxygen atoms in total. The van der Waals surface area contributed by atoms with E-state index >= 15 is 0 Å². The lowest BCUT2D eigenvalue weighted by atomic mass is 9.98. The highest BCUT2D eigenvalue weighted by Gasteiger charge is 2.20. The Balaban J connectivity index is 3.27. The number of hydrogen-bond acceptors (Lipinski definition) is 4. The van der Waals surface area contributed by atoms with Crippen LogP contribution in [0.2, 0.25) is 0 Å². The SMILES string of the molecule is CCOC(=O)Cc1c(CC)ccc(C#N)c1OC(F)F. The van der Waals surface area contributed by atoms with Crippen LogP contribution in [0.25, 0.3) is 0 Å². The van der Waals surface area contributed by atoms with Crippen molar-refractivity contribution in [2.75, 3.05) is 6.61 Å². The van der Waals surface area contributed by atoms with E-state index in [1.54, 1.807) is 19.1 Å². The average Bonchev–Trinajstić information content (AvgIpc) is 2.40. The number of aryl methyl sites for hydroxylation is 1. The maximum Gasteiger partial charge on any atom is 0.387 e. The normalized spacial score (nSPS) is 10.2. The summed E-state index contributed by atoms with van der Waals surface area (Å²) in [6.45, 7) is 0.613. The van der Waals surface area contributed by atoms with Crippen molar-refractivity contribution in [2.24, 2.45) is 0 Å². The lowest BCUT2D eigenvalue weighted by molar-refractivity contribution is -0.142. The molecule has 0 N–H and O–H groups in total. The molecule has 0 aliphatic heterocycles. The van der Waals surface area contributed by atoms with Crippen LogP contribution in [0.3, 0.4) is 0 Å². The molecule has 0 amide bonds. The molecule has 0 heterocycles. The molecule has 1 aromatic carbocycles. The first kappa shape index (κ1) is 15.9. The summed E-state index contributed by atoms with van der Waals surface area (Å²) < 4.78 is 34.2. The number of nitriles is 1. The Labute approximate surface area is 115 Å². The van der Waals surface area contributed by atoms with E-state index in [1.165, 1.54) is 6.07 Å². The van der Waals surface area contributed by atoms with Crippen molar-refractivity contribution in [1.29, 1.82) is 5.26 Å². The first-order valence-corrected chi connectivity index (χ1v) is 6.18. The summed E-state index contributed by atoms with van der Waals surface area (Å²) in [6, 6.07) is 4.83. The van der Waals surface area contributed by atoms with Gasteiger partial charge in [-0.05, 0) is 25.0 Å². The molecule has 1 aromatic rings. The minimum atomic E-state index is -3.06. The summed E-state index contributed by atoms with van der Waals surface area (Å²) in [7, 11) is 0. The molecule has 0 aliphatic rings. The number of halogens is 2. The highest BCUT2D eigenvalue weighted by Crippen LogP contribution is 2.30. The number of hydrogen-bond donors (Lipinski definition) is 0. The smallest absolute Gasteiger partial charge is 0.387 e. The van der Waals surface area contributed by atoms with Crippen molar-refractivity contribution in [3.63, 3.8) is 0 Å². The van der Waals surface area contributed by atoms with E-state index in [0.29, 0.717) is 12.0 Å². The van der Waals surface area contributed by atoms with Crippen molar-refractivity contribution < 1.29 is 23.0 Å². The second-order valence-electron chi connectivity index (χ2n) is 3.91. The fourth-order valence-electron chi connectivity index (χ4n) is 1.86. The van der Waals surface area contributed by atoms with Gasteiger partial charge in [0.15, 0.2) is 0 Å². The summed E-state index contributed by atoms with van der Waals surface area (Å²) in [5, 5.41) is 8.97. The van der Waals surface area contributed by atoms with Crippen molar-refractivity contribution >= 4 is 5.97 Å². The van der Waals surface area contributed by atoms with Gasteiger partial charge < -0.3 is 9.47 Å². The molecule has 6 heteroatoms. The van der Waals surface area contributed by atoms with Crippen LogP contribution in [0.4, 0.5) is 8.78 Å². The summed E-state index contributed by atoms with van der Waals surface area (Å²) >= 11 is 0. The highest BCUT2D eigenvalue weighted by atomic mass is 19.3. The number of carbonyl (C=O) groups is 1. The van der Waals surface area contributed by atoms with Crippen LogP contribution in [-0.4, -0.2) is 19.2 Å². The molecule has 0 aromatic heterocycles. The van der Waals surface area contributed by atoms with E-state index in [2.05, 4.69) is 4.74 Å². The molecule has 1 rings (SSSR count). The second kappa shape index (κ2) is 7.43. The Morgan fingerprint density at radius 3 is 2.60 bits per heavy atom. The minimum absolute atomic E-state index is 0.0261. The molecule has 0 saturated heterocycles. The quantitative estimate of drug-likeness (QED) is 0.753. The van der Waals surface area contributed by atoms with Crippen LogP contribution in [-0.2, 0) is 22.4 Å². The third kappa shape index (κ3) is 3.92. The molecule has 0 aliphatic carbocycles. The Bertz CT molecular complexity index is 524. The number of carbonyl (C=O) groups excluding carboxylic acids is 1.